The van der Waals surface area contributed by atoms with Crippen molar-refractivity contribution in [2.45, 2.75) is 17.1 Å². The highest BCUT2D eigenvalue weighted by atomic mass is 35.5. The van der Waals surface area contributed by atoms with Gasteiger partial charge in [0.15, 0.2) is 0 Å². The summed E-state index contributed by atoms with van der Waals surface area (Å²) in [5.41, 5.74) is 5.55. The average molecular weight is 375 g/mol. The van der Waals surface area contributed by atoms with E-state index in [1.54, 1.807) is 36.6 Å². The fourth-order valence-electron chi connectivity index (χ4n) is 1.63. The number of halogens is 2. The molecule has 22 heavy (non-hydrogen) atoms. The molecule has 1 unspecified atom stereocenters. The maximum absolute atomic E-state index is 12.2. The van der Waals surface area contributed by atoms with Gasteiger partial charge >= 0.3 is 0 Å². The molecular weight excluding hydrogens is 363 g/mol. The molecule has 0 aliphatic carbocycles. The zero-order chi connectivity index (χ0) is 16.3. The van der Waals surface area contributed by atoms with E-state index < -0.39 is 11.2 Å². The molecule has 8 heteroatoms. The second kappa shape index (κ2) is 7.37. The smallest absolute Gasteiger partial charge is 0.251 e. The van der Waals surface area contributed by atoms with Crippen LogP contribution in [0.3, 0.4) is 0 Å². The van der Waals surface area contributed by atoms with E-state index in [2.05, 4.69) is 5.32 Å². The Morgan fingerprint density at radius 3 is 2.73 bits per heavy atom. The van der Waals surface area contributed by atoms with Crippen molar-refractivity contribution in [3.63, 3.8) is 0 Å². The molecule has 1 heterocycles. The number of benzene rings is 1. The number of thioether (sulfide) groups is 1. The van der Waals surface area contributed by atoms with E-state index in [1.807, 2.05) is 0 Å². The minimum atomic E-state index is -0.574. The number of nitrogens with one attached hydrogen (secondary N) is 1. The fraction of sp³-hybridized carbons (Fsp3) is 0.143. The van der Waals surface area contributed by atoms with Crippen LogP contribution in [-0.4, -0.2) is 17.1 Å². The van der Waals surface area contributed by atoms with Crippen molar-refractivity contribution in [1.29, 1.82) is 0 Å². The predicted octanol–water partition coefficient (Wildman–Crippen LogP) is 4.27. The van der Waals surface area contributed by atoms with Crippen molar-refractivity contribution < 1.29 is 9.59 Å². The first-order valence-corrected chi connectivity index (χ1v) is 8.70. The van der Waals surface area contributed by atoms with Crippen LogP contribution >= 0.6 is 46.3 Å². The van der Waals surface area contributed by atoms with Gasteiger partial charge in [0.05, 0.1) is 15.8 Å². The van der Waals surface area contributed by atoms with Crippen molar-refractivity contribution in [1.82, 2.24) is 0 Å². The maximum atomic E-state index is 12.2. The summed E-state index contributed by atoms with van der Waals surface area (Å²) in [5, 5.41) is 5.51. The Labute approximate surface area is 146 Å². The van der Waals surface area contributed by atoms with Crippen molar-refractivity contribution >= 4 is 63.1 Å². The van der Waals surface area contributed by atoms with Gasteiger partial charge in [0, 0.05) is 9.92 Å². The molecule has 0 aliphatic rings. The van der Waals surface area contributed by atoms with Gasteiger partial charge in [-0.25, -0.2) is 0 Å². The number of amides is 2. The van der Waals surface area contributed by atoms with Gasteiger partial charge in [-0.2, -0.15) is 0 Å². The van der Waals surface area contributed by atoms with Gasteiger partial charge in [0.1, 0.15) is 5.00 Å². The Bertz CT molecular complexity index is 719. The number of carbonyl (C=O) groups excluding carboxylic acids is 2. The minimum Gasteiger partial charge on any atom is -0.366 e. The first kappa shape index (κ1) is 17.1. The molecule has 0 spiro atoms. The van der Waals surface area contributed by atoms with Crippen LogP contribution in [0.2, 0.25) is 10.0 Å². The van der Waals surface area contributed by atoms with Crippen LogP contribution in [0.4, 0.5) is 5.00 Å². The highest BCUT2D eigenvalue weighted by Gasteiger charge is 2.19. The number of primary amides is 1. The second-order valence-electron chi connectivity index (χ2n) is 4.35. The van der Waals surface area contributed by atoms with E-state index in [4.69, 9.17) is 28.9 Å². The number of thiophene rings is 1. The van der Waals surface area contributed by atoms with E-state index in [0.717, 1.165) is 4.90 Å². The molecule has 0 saturated carbocycles. The molecule has 3 N–H and O–H groups in total. The normalized spacial score (nSPS) is 12.0. The Balaban J connectivity index is 2.08. The first-order valence-electron chi connectivity index (χ1n) is 6.18. The Hall–Kier alpha value is -1.21. The van der Waals surface area contributed by atoms with Gasteiger partial charge in [0.25, 0.3) is 5.91 Å². The third kappa shape index (κ3) is 4.16. The fourth-order valence-corrected chi connectivity index (χ4v) is 3.83. The summed E-state index contributed by atoms with van der Waals surface area (Å²) in [6, 6.07) is 6.65. The summed E-state index contributed by atoms with van der Waals surface area (Å²) in [7, 11) is 0. The van der Waals surface area contributed by atoms with Gasteiger partial charge < -0.3 is 11.1 Å². The number of carbonyl (C=O) groups is 2. The number of nitrogens with two attached hydrogens (primary N) is 1. The van der Waals surface area contributed by atoms with Crippen LogP contribution < -0.4 is 11.1 Å². The van der Waals surface area contributed by atoms with E-state index in [0.29, 0.717) is 20.6 Å². The van der Waals surface area contributed by atoms with Gasteiger partial charge in [-0.3, -0.25) is 9.59 Å². The molecule has 1 atom stereocenters. The molecule has 0 fully saturated rings. The SMILES string of the molecule is CC(Sc1cc(Cl)ccc1Cl)C(=O)Nc1sccc1C(N)=O. The van der Waals surface area contributed by atoms with Crippen molar-refractivity contribution in [2.24, 2.45) is 5.73 Å². The van der Waals surface area contributed by atoms with Gasteiger partial charge in [0.2, 0.25) is 5.91 Å². The van der Waals surface area contributed by atoms with Crippen molar-refractivity contribution in [3.05, 3.63) is 45.3 Å². The topological polar surface area (TPSA) is 72.2 Å². The van der Waals surface area contributed by atoms with Crippen LogP contribution in [0.15, 0.2) is 34.5 Å². The molecule has 2 amide bonds. The first-order chi connectivity index (χ1) is 10.4. The van der Waals surface area contributed by atoms with E-state index in [9.17, 15) is 9.59 Å². The highest BCUT2D eigenvalue weighted by Crippen LogP contribution is 2.33. The highest BCUT2D eigenvalue weighted by molar-refractivity contribution is 8.00. The van der Waals surface area contributed by atoms with E-state index in [1.165, 1.54) is 23.1 Å². The van der Waals surface area contributed by atoms with Crippen LogP contribution in [0.25, 0.3) is 0 Å². The van der Waals surface area contributed by atoms with Crippen molar-refractivity contribution in [2.75, 3.05) is 5.32 Å². The molecule has 1 aromatic heterocycles. The van der Waals surface area contributed by atoms with Gasteiger partial charge in [-0.15, -0.1) is 23.1 Å². The van der Waals surface area contributed by atoms with Crippen LogP contribution in [0.1, 0.15) is 17.3 Å². The lowest BCUT2D eigenvalue weighted by atomic mass is 10.3. The predicted molar refractivity (Wildman–Crippen MR) is 93.2 cm³/mol. The van der Waals surface area contributed by atoms with Crippen LogP contribution in [0, 0.1) is 0 Å². The van der Waals surface area contributed by atoms with Crippen LogP contribution in [0.5, 0.6) is 0 Å². The number of rotatable bonds is 5. The van der Waals surface area contributed by atoms with E-state index >= 15 is 0 Å². The second-order valence-corrected chi connectivity index (χ2v) is 7.49. The largest absolute Gasteiger partial charge is 0.366 e. The third-order valence-corrected chi connectivity index (χ3v) is 5.40. The minimum absolute atomic E-state index is 0.244. The third-order valence-electron chi connectivity index (χ3n) is 2.73. The zero-order valence-electron chi connectivity index (χ0n) is 11.4. The molecular formula is C14H12Cl2N2O2S2. The number of anilines is 1. The number of hydrogen-bond donors (Lipinski definition) is 2. The van der Waals surface area contributed by atoms with Gasteiger partial charge in [-0.1, -0.05) is 23.2 Å². The Kier molecular flexibility index (Phi) is 5.74. The lowest BCUT2D eigenvalue weighted by Crippen LogP contribution is -2.23. The molecule has 0 radical (unpaired) electrons. The number of hydrogen-bond acceptors (Lipinski definition) is 4. The molecule has 2 aromatic rings. The van der Waals surface area contributed by atoms with E-state index in [-0.39, 0.29) is 5.91 Å². The molecule has 4 nitrogen and oxygen atoms in total. The summed E-state index contributed by atoms with van der Waals surface area (Å²) in [5.74, 6) is -0.819. The van der Waals surface area contributed by atoms with Gasteiger partial charge in [-0.05, 0) is 36.6 Å². The monoisotopic (exact) mass is 374 g/mol. The summed E-state index contributed by atoms with van der Waals surface area (Å²) in [6.45, 7) is 1.74. The molecule has 116 valence electrons. The Morgan fingerprint density at radius 1 is 1.32 bits per heavy atom. The summed E-state index contributed by atoms with van der Waals surface area (Å²) >= 11 is 14.5. The average Bonchev–Trinajstić information content (AvgIpc) is 2.91. The molecule has 2 rings (SSSR count). The quantitative estimate of drug-likeness (QED) is 0.767. The molecule has 0 aliphatic heterocycles. The molecule has 0 bridgehead atoms. The zero-order valence-corrected chi connectivity index (χ0v) is 14.6. The summed E-state index contributed by atoms with van der Waals surface area (Å²) in [6.07, 6.45) is 0. The summed E-state index contributed by atoms with van der Waals surface area (Å²) < 4.78 is 0. The van der Waals surface area contributed by atoms with Crippen molar-refractivity contribution in [3.8, 4) is 0 Å². The Morgan fingerprint density at radius 2 is 2.05 bits per heavy atom. The maximum Gasteiger partial charge on any atom is 0.251 e. The molecule has 0 saturated heterocycles. The van der Waals surface area contributed by atoms with Crippen LogP contribution in [-0.2, 0) is 4.79 Å². The summed E-state index contributed by atoms with van der Waals surface area (Å²) in [4.78, 5) is 24.2. The lowest BCUT2D eigenvalue weighted by Gasteiger charge is -2.13. The molecule has 1 aromatic carbocycles. The standard InChI is InChI=1S/C14H12Cl2N2O2S2/c1-7(22-11-6-8(15)2-3-10(11)16)13(20)18-14-9(12(17)19)4-5-21-14/h2-7H,1H3,(H2,17,19)(H,18,20). The lowest BCUT2D eigenvalue weighted by molar-refractivity contribution is -0.115.